The molecule has 0 saturated heterocycles. The van der Waals surface area contributed by atoms with E-state index in [4.69, 9.17) is 10.5 Å². The first-order valence-corrected chi connectivity index (χ1v) is 7.43. The van der Waals surface area contributed by atoms with Gasteiger partial charge in [0.1, 0.15) is 0 Å². The van der Waals surface area contributed by atoms with Gasteiger partial charge in [-0.15, -0.1) is 0 Å². The predicted octanol–water partition coefficient (Wildman–Crippen LogP) is 2.46. The molecule has 0 atom stereocenters. The van der Waals surface area contributed by atoms with E-state index in [0.717, 1.165) is 32.1 Å². The summed E-state index contributed by atoms with van der Waals surface area (Å²) < 4.78 is 5.05. The van der Waals surface area contributed by atoms with Gasteiger partial charge in [0.25, 0.3) is 0 Å². The molecular weight excluding hydrogens is 268 g/mol. The largest absolute Gasteiger partial charge is 0.462 e. The molecule has 1 aliphatic rings. The van der Waals surface area contributed by atoms with Gasteiger partial charge in [0, 0.05) is 5.69 Å². The maximum absolute atomic E-state index is 12.2. The molecule has 0 unspecified atom stereocenters. The van der Waals surface area contributed by atoms with Crippen LogP contribution in [0.2, 0.25) is 0 Å². The van der Waals surface area contributed by atoms with Crippen LogP contribution in [0.5, 0.6) is 0 Å². The summed E-state index contributed by atoms with van der Waals surface area (Å²) in [7, 11) is 0. The van der Waals surface area contributed by atoms with E-state index in [-0.39, 0.29) is 11.9 Å². The van der Waals surface area contributed by atoms with Crippen LogP contribution in [0.1, 0.15) is 49.4 Å². The van der Waals surface area contributed by atoms with Crippen LogP contribution < -0.4 is 11.1 Å². The van der Waals surface area contributed by atoms with Gasteiger partial charge < -0.3 is 15.8 Å². The molecule has 0 spiro atoms. The molecule has 0 radical (unpaired) electrons. The second kappa shape index (κ2) is 6.72. The van der Waals surface area contributed by atoms with E-state index in [2.05, 4.69) is 5.32 Å². The van der Waals surface area contributed by atoms with Crippen molar-refractivity contribution in [3.63, 3.8) is 0 Å². The average Bonchev–Trinajstić information content (AvgIpc) is 2.94. The quantitative estimate of drug-likeness (QED) is 0.816. The summed E-state index contributed by atoms with van der Waals surface area (Å²) in [6.45, 7) is 2.35. The second-order valence-electron chi connectivity index (χ2n) is 5.53. The molecule has 5 nitrogen and oxygen atoms in total. The van der Waals surface area contributed by atoms with Crippen molar-refractivity contribution in [3.8, 4) is 0 Å². The van der Waals surface area contributed by atoms with Gasteiger partial charge in [-0.3, -0.25) is 4.79 Å². The number of nitrogens with one attached hydrogen (secondary N) is 1. The minimum atomic E-state index is -0.751. The van der Waals surface area contributed by atoms with E-state index in [1.54, 1.807) is 24.3 Å². The van der Waals surface area contributed by atoms with E-state index in [0.29, 0.717) is 17.9 Å². The average molecular weight is 290 g/mol. The minimum Gasteiger partial charge on any atom is -0.462 e. The number of carbonyl (C=O) groups is 2. The fraction of sp³-hybridized carbons (Fsp3) is 0.500. The maximum atomic E-state index is 12.2. The number of hydrogen-bond donors (Lipinski definition) is 2. The molecular formula is C16H22N2O3. The first-order chi connectivity index (χ1) is 10.0. The number of ether oxygens (including phenoxy) is 1. The molecule has 1 aliphatic carbocycles. The minimum absolute atomic E-state index is 0.152. The van der Waals surface area contributed by atoms with Crippen LogP contribution in [0.3, 0.4) is 0 Å². The fourth-order valence-electron chi connectivity index (χ4n) is 2.46. The molecule has 2 rings (SSSR count). The fourth-order valence-corrected chi connectivity index (χ4v) is 2.46. The summed E-state index contributed by atoms with van der Waals surface area (Å²) in [6, 6.07) is 6.67. The van der Waals surface area contributed by atoms with Crippen LogP contribution in [0.15, 0.2) is 24.3 Å². The molecule has 5 heteroatoms. The van der Waals surface area contributed by atoms with Crippen LogP contribution in [0.4, 0.5) is 5.69 Å². The molecule has 1 aromatic carbocycles. The number of hydrogen-bond acceptors (Lipinski definition) is 4. The smallest absolute Gasteiger partial charge is 0.338 e. The van der Waals surface area contributed by atoms with Gasteiger partial charge in [0.05, 0.1) is 17.7 Å². The van der Waals surface area contributed by atoms with E-state index >= 15 is 0 Å². The molecule has 1 fully saturated rings. The third kappa shape index (κ3) is 3.82. The highest BCUT2D eigenvalue weighted by Gasteiger charge is 2.36. The van der Waals surface area contributed by atoms with Crippen molar-refractivity contribution in [2.45, 2.75) is 44.6 Å². The summed E-state index contributed by atoms with van der Waals surface area (Å²) in [5.74, 6) is -0.498. The van der Waals surface area contributed by atoms with Gasteiger partial charge in [-0.05, 0) is 43.5 Å². The molecule has 114 valence electrons. The summed E-state index contributed by atoms with van der Waals surface area (Å²) in [4.78, 5) is 23.8. The molecule has 1 amide bonds. The highest BCUT2D eigenvalue weighted by molar-refractivity contribution is 5.98. The van der Waals surface area contributed by atoms with E-state index in [1.807, 2.05) is 6.92 Å². The Morgan fingerprint density at radius 1 is 1.24 bits per heavy atom. The van der Waals surface area contributed by atoms with Gasteiger partial charge in [-0.25, -0.2) is 4.79 Å². The van der Waals surface area contributed by atoms with Gasteiger partial charge in [-0.1, -0.05) is 19.8 Å². The summed E-state index contributed by atoms with van der Waals surface area (Å²) in [5.41, 5.74) is 6.47. The third-order valence-electron chi connectivity index (χ3n) is 3.76. The molecule has 3 N–H and O–H groups in total. The monoisotopic (exact) mass is 290 g/mol. The van der Waals surface area contributed by atoms with Crippen molar-refractivity contribution in [2.75, 3.05) is 11.9 Å². The number of esters is 1. The van der Waals surface area contributed by atoms with Gasteiger partial charge >= 0.3 is 5.97 Å². The number of amides is 1. The zero-order valence-electron chi connectivity index (χ0n) is 12.4. The number of anilines is 1. The lowest BCUT2D eigenvalue weighted by Gasteiger charge is -2.22. The summed E-state index contributed by atoms with van der Waals surface area (Å²) in [6.07, 6.45) is 4.22. The topological polar surface area (TPSA) is 81.4 Å². The van der Waals surface area contributed by atoms with Crippen LogP contribution in [-0.2, 0) is 9.53 Å². The van der Waals surface area contributed by atoms with E-state index in [9.17, 15) is 9.59 Å². The highest BCUT2D eigenvalue weighted by Crippen LogP contribution is 2.28. The summed E-state index contributed by atoms with van der Waals surface area (Å²) >= 11 is 0. The third-order valence-corrected chi connectivity index (χ3v) is 3.76. The van der Waals surface area contributed by atoms with Crippen molar-refractivity contribution < 1.29 is 14.3 Å². The lowest BCUT2D eigenvalue weighted by atomic mass is 9.98. The molecule has 0 bridgehead atoms. The van der Waals surface area contributed by atoms with Crippen molar-refractivity contribution in [1.29, 1.82) is 0 Å². The number of nitrogens with two attached hydrogens (primary N) is 1. The van der Waals surface area contributed by atoms with Crippen molar-refractivity contribution >= 4 is 17.6 Å². The lowest BCUT2D eigenvalue weighted by molar-refractivity contribution is -0.121. The van der Waals surface area contributed by atoms with Crippen LogP contribution in [0, 0.1) is 0 Å². The van der Waals surface area contributed by atoms with Gasteiger partial charge in [-0.2, -0.15) is 0 Å². The Bertz CT molecular complexity index is 505. The Kier molecular flexibility index (Phi) is 4.96. The normalized spacial score (nSPS) is 16.5. The standard InChI is InChI=1S/C16H22N2O3/c1-2-11-21-14(19)12-5-7-13(8-6-12)18-15(20)16(17)9-3-4-10-16/h5-8H,2-4,9-11,17H2,1H3,(H,18,20). The van der Waals surface area contributed by atoms with Gasteiger partial charge in [0.15, 0.2) is 0 Å². The van der Waals surface area contributed by atoms with Crippen LogP contribution in [-0.4, -0.2) is 24.0 Å². The lowest BCUT2D eigenvalue weighted by Crippen LogP contribution is -2.48. The molecule has 1 aromatic rings. The Morgan fingerprint density at radius 3 is 2.43 bits per heavy atom. The van der Waals surface area contributed by atoms with E-state index in [1.165, 1.54) is 0 Å². The van der Waals surface area contributed by atoms with E-state index < -0.39 is 5.54 Å². The van der Waals surface area contributed by atoms with Crippen molar-refractivity contribution in [2.24, 2.45) is 5.73 Å². The van der Waals surface area contributed by atoms with Crippen LogP contribution >= 0.6 is 0 Å². The molecule has 0 aromatic heterocycles. The second-order valence-corrected chi connectivity index (χ2v) is 5.53. The first-order valence-electron chi connectivity index (χ1n) is 7.43. The zero-order valence-corrected chi connectivity index (χ0v) is 12.4. The van der Waals surface area contributed by atoms with Crippen molar-refractivity contribution in [3.05, 3.63) is 29.8 Å². The maximum Gasteiger partial charge on any atom is 0.338 e. The van der Waals surface area contributed by atoms with Gasteiger partial charge in [0.2, 0.25) is 5.91 Å². The Balaban J connectivity index is 1.96. The molecule has 21 heavy (non-hydrogen) atoms. The number of rotatable bonds is 5. The highest BCUT2D eigenvalue weighted by atomic mass is 16.5. The Morgan fingerprint density at radius 2 is 1.86 bits per heavy atom. The molecule has 0 aliphatic heterocycles. The summed E-state index contributed by atoms with van der Waals surface area (Å²) in [5, 5.41) is 2.82. The molecule has 0 heterocycles. The number of benzene rings is 1. The molecule has 1 saturated carbocycles. The number of carbonyl (C=O) groups excluding carboxylic acids is 2. The Hall–Kier alpha value is -1.88. The SMILES string of the molecule is CCCOC(=O)c1ccc(NC(=O)C2(N)CCCC2)cc1. The first kappa shape index (κ1) is 15.5. The van der Waals surface area contributed by atoms with Crippen LogP contribution in [0.25, 0.3) is 0 Å². The Labute approximate surface area is 124 Å². The predicted molar refractivity (Wildman–Crippen MR) is 81.0 cm³/mol. The zero-order chi connectivity index (χ0) is 15.3. The van der Waals surface area contributed by atoms with Crippen molar-refractivity contribution in [1.82, 2.24) is 0 Å².